The highest BCUT2D eigenvalue weighted by molar-refractivity contribution is 9.09. The minimum atomic E-state index is -0.484. The van der Waals surface area contributed by atoms with E-state index in [1.54, 1.807) is 0 Å². The van der Waals surface area contributed by atoms with E-state index in [1.165, 1.54) is 6.92 Å². The van der Waals surface area contributed by atoms with Gasteiger partial charge in [-0.25, -0.2) is 0 Å². The summed E-state index contributed by atoms with van der Waals surface area (Å²) in [5.41, 5.74) is 0. The average Bonchev–Trinajstić information content (AvgIpc) is 1.82. The maximum Gasteiger partial charge on any atom is 0.304 e. The van der Waals surface area contributed by atoms with Crippen LogP contribution in [0.25, 0.3) is 0 Å². The molecule has 0 amide bonds. The predicted octanol–water partition coefficient (Wildman–Crippen LogP) is 1.67. The summed E-state index contributed by atoms with van der Waals surface area (Å²) >= 11 is 6.15. The van der Waals surface area contributed by atoms with Gasteiger partial charge in [0.15, 0.2) is 0 Å². The summed E-state index contributed by atoms with van der Waals surface area (Å²) in [6.45, 7) is 1.34. The second-order valence-corrected chi connectivity index (χ2v) is 2.77. The lowest BCUT2D eigenvalue weighted by Gasteiger charge is -1.99. The first-order chi connectivity index (χ1) is 4.66. The number of hydrogen-bond donors (Lipinski definition) is 0. The summed E-state index contributed by atoms with van der Waals surface area (Å²) in [5.74, 6) is 4.99. The van der Waals surface area contributed by atoms with Crippen molar-refractivity contribution in [2.24, 2.45) is 0 Å². The Hall–Kier alpha value is -0.0100. The molecular weight excluding hydrogens is 264 g/mol. The van der Waals surface area contributed by atoms with E-state index in [-0.39, 0.29) is 5.97 Å². The van der Waals surface area contributed by atoms with Crippen molar-refractivity contribution in [1.82, 2.24) is 0 Å². The van der Waals surface area contributed by atoms with E-state index in [0.29, 0.717) is 5.33 Å². The molecule has 10 heavy (non-hydrogen) atoms. The van der Waals surface area contributed by atoms with Crippen LogP contribution in [0.15, 0.2) is 0 Å². The summed E-state index contributed by atoms with van der Waals surface area (Å²) in [5, 5.41) is 0.0960. The highest BCUT2D eigenvalue weighted by Gasteiger charge is 2.00. The van der Waals surface area contributed by atoms with E-state index >= 15 is 0 Å². The molecule has 0 aliphatic heterocycles. The Morgan fingerprint density at radius 2 is 2.40 bits per heavy atom. The van der Waals surface area contributed by atoms with Crippen LogP contribution in [-0.4, -0.2) is 16.3 Å². The second-order valence-electron chi connectivity index (χ2n) is 1.38. The Balaban J connectivity index is 3.63. The molecule has 0 saturated carbocycles. The van der Waals surface area contributed by atoms with Gasteiger partial charge in [-0.2, -0.15) is 0 Å². The van der Waals surface area contributed by atoms with Crippen LogP contribution in [0.3, 0.4) is 0 Å². The number of ether oxygens (including phenoxy) is 1. The largest absolute Gasteiger partial charge is 0.438 e. The van der Waals surface area contributed by atoms with Gasteiger partial charge in [-0.1, -0.05) is 21.9 Å². The van der Waals surface area contributed by atoms with Crippen molar-refractivity contribution in [2.45, 2.75) is 11.9 Å². The molecule has 0 heterocycles. The van der Waals surface area contributed by atoms with Crippen LogP contribution in [0.4, 0.5) is 0 Å². The normalized spacial score (nSPS) is 11.1. The summed E-state index contributed by atoms with van der Waals surface area (Å²) in [6.07, 6.45) is 0. The maximum atomic E-state index is 10.3. The molecule has 0 fully saturated rings. The highest BCUT2D eigenvalue weighted by atomic mass is 79.9. The van der Waals surface area contributed by atoms with Gasteiger partial charge in [0, 0.05) is 6.92 Å². The van der Waals surface area contributed by atoms with Crippen molar-refractivity contribution < 1.29 is 9.53 Å². The van der Waals surface area contributed by atoms with Gasteiger partial charge in [-0.05, 0) is 21.9 Å². The smallest absolute Gasteiger partial charge is 0.304 e. The Kier molecular flexibility index (Phi) is 5.74. The van der Waals surface area contributed by atoms with Gasteiger partial charge in [0.1, 0.15) is 0 Å². The van der Waals surface area contributed by atoms with E-state index in [2.05, 4.69) is 48.4 Å². The monoisotopic (exact) mass is 268 g/mol. The van der Waals surface area contributed by atoms with Crippen LogP contribution in [0.1, 0.15) is 6.92 Å². The predicted molar refractivity (Wildman–Crippen MR) is 46.1 cm³/mol. The Morgan fingerprint density at radius 1 is 1.80 bits per heavy atom. The van der Waals surface area contributed by atoms with Crippen molar-refractivity contribution in [2.75, 3.05) is 5.33 Å². The summed E-state index contributed by atoms with van der Waals surface area (Å²) < 4.78 is 4.64. The molecule has 0 rings (SSSR count). The van der Waals surface area contributed by atoms with Gasteiger partial charge < -0.3 is 4.74 Å². The number of alkyl halides is 2. The fourth-order valence-corrected chi connectivity index (χ4v) is 0.881. The number of carbonyl (C=O) groups excluding carboxylic acids is 1. The van der Waals surface area contributed by atoms with Crippen LogP contribution < -0.4 is 0 Å². The molecule has 56 valence electrons. The Bertz CT molecular complexity index is 168. The Labute approximate surface area is 76.6 Å². The molecule has 2 nitrogen and oxygen atoms in total. The van der Waals surface area contributed by atoms with Gasteiger partial charge in [-0.15, -0.1) is 0 Å². The molecule has 0 saturated heterocycles. The molecule has 1 unspecified atom stereocenters. The van der Waals surface area contributed by atoms with Crippen molar-refractivity contribution in [3.63, 3.8) is 0 Å². The van der Waals surface area contributed by atoms with E-state index in [9.17, 15) is 4.79 Å². The number of carbonyl (C=O) groups is 1. The lowest BCUT2D eigenvalue weighted by Crippen LogP contribution is -2.06. The molecule has 0 aliphatic carbocycles. The van der Waals surface area contributed by atoms with Crippen LogP contribution in [-0.2, 0) is 9.53 Å². The minimum absolute atomic E-state index is 0.342. The first-order valence-electron chi connectivity index (χ1n) is 2.52. The van der Waals surface area contributed by atoms with Crippen LogP contribution in [0, 0.1) is 11.8 Å². The van der Waals surface area contributed by atoms with Gasteiger partial charge in [0.05, 0.1) is 5.33 Å². The Morgan fingerprint density at radius 3 is 2.80 bits per heavy atom. The topological polar surface area (TPSA) is 26.3 Å². The minimum Gasteiger partial charge on any atom is -0.438 e. The first-order valence-corrected chi connectivity index (χ1v) is 4.56. The molecule has 1 atom stereocenters. The molecule has 0 aromatic carbocycles. The average molecular weight is 270 g/mol. The first kappa shape index (κ1) is 9.99. The summed E-state index contributed by atoms with van der Waals surface area (Å²) in [6, 6.07) is 0. The summed E-state index contributed by atoms with van der Waals surface area (Å²) in [7, 11) is 0. The molecule has 0 N–H and O–H groups in total. The van der Waals surface area contributed by atoms with Gasteiger partial charge in [-0.3, -0.25) is 4.79 Å². The molecule has 0 spiro atoms. The second kappa shape index (κ2) is 5.75. The van der Waals surface area contributed by atoms with E-state index in [0.717, 1.165) is 0 Å². The van der Waals surface area contributed by atoms with Gasteiger partial charge in [0.2, 0.25) is 5.01 Å². The fraction of sp³-hybridized carbons (Fsp3) is 0.500. The van der Waals surface area contributed by atoms with Crippen molar-refractivity contribution in [3.8, 4) is 11.8 Å². The zero-order valence-corrected chi connectivity index (χ0v) is 8.53. The van der Waals surface area contributed by atoms with Gasteiger partial charge >= 0.3 is 5.97 Å². The molecular formula is C6H6Br2O2. The molecule has 0 aromatic heterocycles. The van der Waals surface area contributed by atoms with E-state index in [1.807, 2.05) is 0 Å². The molecule has 0 aliphatic rings. The lowest BCUT2D eigenvalue weighted by molar-refractivity contribution is -0.140. The molecule has 0 aromatic rings. The van der Waals surface area contributed by atoms with Crippen molar-refractivity contribution in [3.05, 3.63) is 0 Å². The third kappa shape index (κ3) is 6.12. The quantitative estimate of drug-likeness (QED) is 0.411. The zero-order valence-electron chi connectivity index (χ0n) is 5.36. The van der Waals surface area contributed by atoms with Crippen molar-refractivity contribution >= 4 is 37.8 Å². The van der Waals surface area contributed by atoms with Gasteiger partial charge in [0.25, 0.3) is 0 Å². The third-order valence-electron chi connectivity index (χ3n) is 0.552. The molecule has 4 heteroatoms. The lowest BCUT2D eigenvalue weighted by atomic mass is 10.6. The van der Waals surface area contributed by atoms with E-state index in [4.69, 9.17) is 0 Å². The number of rotatable bonds is 1. The zero-order chi connectivity index (χ0) is 7.98. The highest BCUT2D eigenvalue weighted by Crippen LogP contribution is 1.99. The summed E-state index contributed by atoms with van der Waals surface area (Å²) in [4.78, 5) is 10.3. The number of hydrogen-bond acceptors (Lipinski definition) is 2. The number of esters is 1. The SMILES string of the molecule is CC(=O)OC(Br)C#CCBr. The van der Waals surface area contributed by atoms with E-state index < -0.39 is 5.01 Å². The molecule has 0 radical (unpaired) electrons. The third-order valence-corrected chi connectivity index (χ3v) is 1.25. The van der Waals surface area contributed by atoms with Crippen LogP contribution in [0.5, 0.6) is 0 Å². The number of halogens is 2. The van der Waals surface area contributed by atoms with Crippen LogP contribution in [0.2, 0.25) is 0 Å². The maximum absolute atomic E-state index is 10.3. The van der Waals surface area contributed by atoms with Crippen molar-refractivity contribution in [1.29, 1.82) is 0 Å². The molecule has 0 bridgehead atoms. The van der Waals surface area contributed by atoms with Crippen LogP contribution >= 0.6 is 31.9 Å². The standard InChI is InChI=1S/C6H6Br2O2/c1-5(9)10-6(8)3-2-4-7/h6H,4H2,1H3. The fourth-order valence-electron chi connectivity index (χ4n) is 0.294.